The van der Waals surface area contributed by atoms with Gasteiger partial charge >= 0.3 is 0 Å². The molecule has 0 rings (SSSR count). The molecule has 0 saturated carbocycles. The monoisotopic (exact) mass is 184 g/mol. The van der Waals surface area contributed by atoms with E-state index < -0.39 is 5.60 Å². The zero-order valence-corrected chi connectivity index (χ0v) is 9.34. The van der Waals surface area contributed by atoms with Gasteiger partial charge < -0.3 is 5.11 Å². The summed E-state index contributed by atoms with van der Waals surface area (Å²) in [6.07, 6.45) is 6.95. The van der Waals surface area contributed by atoms with Gasteiger partial charge in [0.25, 0.3) is 0 Å². The second kappa shape index (κ2) is 6.20. The first kappa shape index (κ1) is 12.7. The van der Waals surface area contributed by atoms with Crippen molar-refractivity contribution in [2.24, 2.45) is 5.92 Å². The minimum Gasteiger partial charge on any atom is -0.390 e. The molecule has 0 radical (unpaired) electrons. The van der Waals surface area contributed by atoms with Crippen molar-refractivity contribution in [3.05, 3.63) is 12.7 Å². The van der Waals surface area contributed by atoms with Gasteiger partial charge in [-0.1, -0.05) is 32.8 Å². The first-order valence-electron chi connectivity index (χ1n) is 5.35. The van der Waals surface area contributed by atoms with Crippen LogP contribution in [0.2, 0.25) is 0 Å². The van der Waals surface area contributed by atoms with Gasteiger partial charge in [-0.2, -0.15) is 0 Å². The average molecular weight is 184 g/mol. The molecule has 0 spiro atoms. The number of rotatable bonds is 7. The van der Waals surface area contributed by atoms with Gasteiger partial charge in [0.15, 0.2) is 0 Å². The van der Waals surface area contributed by atoms with Gasteiger partial charge in [0.1, 0.15) is 0 Å². The minimum absolute atomic E-state index is 0.497. The Kier molecular flexibility index (Phi) is 6.06. The van der Waals surface area contributed by atoms with Crippen molar-refractivity contribution in [2.75, 3.05) is 0 Å². The van der Waals surface area contributed by atoms with E-state index in [9.17, 15) is 5.11 Å². The van der Waals surface area contributed by atoms with Crippen molar-refractivity contribution in [1.82, 2.24) is 0 Å². The molecule has 0 fully saturated rings. The van der Waals surface area contributed by atoms with E-state index in [1.165, 1.54) is 12.8 Å². The van der Waals surface area contributed by atoms with Crippen molar-refractivity contribution >= 4 is 0 Å². The molecule has 0 aromatic carbocycles. The SMILES string of the molecule is C=CCCC(C)(O)CC(C)CCC. The lowest BCUT2D eigenvalue weighted by Gasteiger charge is -2.26. The molecular formula is C12H24O. The van der Waals surface area contributed by atoms with E-state index in [1.54, 1.807) is 0 Å². The molecule has 1 heteroatoms. The van der Waals surface area contributed by atoms with Crippen molar-refractivity contribution < 1.29 is 5.11 Å². The summed E-state index contributed by atoms with van der Waals surface area (Å²) < 4.78 is 0. The third kappa shape index (κ3) is 6.83. The summed E-state index contributed by atoms with van der Waals surface area (Å²) in [5, 5.41) is 9.99. The summed E-state index contributed by atoms with van der Waals surface area (Å²) in [5.74, 6) is 0.629. The quantitative estimate of drug-likeness (QED) is 0.600. The van der Waals surface area contributed by atoms with Crippen LogP contribution in [0.5, 0.6) is 0 Å². The third-order valence-electron chi connectivity index (χ3n) is 2.46. The Morgan fingerprint density at radius 2 is 2.15 bits per heavy atom. The van der Waals surface area contributed by atoms with Gasteiger partial charge in [-0.15, -0.1) is 6.58 Å². The summed E-state index contributed by atoms with van der Waals surface area (Å²) >= 11 is 0. The van der Waals surface area contributed by atoms with Crippen molar-refractivity contribution in [1.29, 1.82) is 0 Å². The molecule has 0 saturated heterocycles. The molecule has 0 amide bonds. The zero-order chi connectivity index (χ0) is 10.3. The Balaban J connectivity index is 3.77. The summed E-state index contributed by atoms with van der Waals surface area (Å²) in [4.78, 5) is 0. The predicted molar refractivity (Wildman–Crippen MR) is 58.7 cm³/mol. The fourth-order valence-electron chi connectivity index (χ4n) is 1.86. The topological polar surface area (TPSA) is 20.2 Å². The lowest BCUT2D eigenvalue weighted by Crippen LogP contribution is -2.26. The second-order valence-corrected chi connectivity index (χ2v) is 4.42. The molecule has 78 valence electrons. The fourth-order valence-corrected chi connectivity index (χ4v) is 1.86. The fraction of sp³-hybridized carbons (Fsp3) is 0.833. The summed E-state index contributed by atoms with van der Waals surface area (Å²) in [5.41, 5.74) is -0.497. The molecule has 2 unspecified atom stereocenters. The van der Waals surface area contributed by atoms with Crippen LogP contribution >= 0.6 is 0 Å². The standard InChI is InChI=1S/C12H24O/c1-5-7-9-12(4,13)10-11(3)8-6-2/h5,11,13H,1,6-10H2,2-4H3. The van der Waals surface area contributed by atoms with Crippen molar-refractivity contribution in [3.63, 3.8) is 0 Å². The number of allylic oxidation sites excluding steroid dienone is 1. The first-order valence-corrected chi connectivity index (χ1v) is 5.35. The molecular weight excluding hydrogens is 160 g/mol. The van der Waals surface area contributed by atoms with Crippen LogP contribution in [0.15, 0.2) is 12.7 Å². The highest BCUT2D eigenvalue weighted by molar-refractivity contribution is 4.79. The molecule has 0 aliphatic carbocycles. The van der Waals surface area contributed by atoms with Gasteiger partial charge in [-0.05, 0) is 32.1 Å². The van der Waals surface area contributed by atoms with Crippen LogP contribution in [0, 0.1) is 5.92 Å². The summed E-state index contributed by atoms with van der Waals surface area (Å²) in [6, 6.07) is 0. The number of aliphatic hydroxyl groups is 1. The van der Waals surface area contributed by atoms with Crippen molar-refractivity contribution in [2.45, 2.75) is 58.5 Å². The predicted octanol–water partition coefficient (Wildman–Crippen LogP) is 3.53. The molecule has 2 atom stereocenters. The highest BCUT2D eigenvalue weighted by Gasteiger charge is 2.21. The zero-order valence-electron chi connectivity index (χ0n) is 9.34. The molecule has 0 aliphatic heterocycles. The second-order valence-electron chi connectivity index (χ2n) is 4.42. The van der Waals surface area contributed by atoms with Crippen LogP contribution in [0.1, 0.15) is 52.9 Å². The minimum atomic E-state index is -0.497. The maximum atomic E-state index is 9.99. The Hall–Kier alpha value is -0.300. The first-order chi connectivity index (χ1) is 6.02. The van der Waals surface area contributed by atoms with E-state index in [-0.39, 0.29) is 0 Å². The largest absolute Gasteiger partial charge is 0.390 e. The van der Waals surface area contributed by atoms with E-state index in [1.807, 2.05) is 13.0 Å². The van der Waals surface area contributed by atoms with E-state index >= 15 is 0 Å². The van der Waals surface area contributed by atoms with E-state index in [0.29, 0.717) is 5.92 Å². The van der Waals surface area contributed by atoms with Gasteiger partial charge in [0.05, 0.1) is 5.60 Å². The van der Waals surface area contributed by atoms with Crippen molar-refractivity contribution in [3.8, 4) is 0 Å². The molecule has 13 heavy (non-hydrogen) atoms. The summed E-state index contributed by atoms with van der Waals surface area (Å²) in [6.45, 7) is 10.0. The molecule has 0 heterocycles. The maximum Gasteiger partial charge on any atom is 0.0625 e. The third-order valence-corrected chi connectivity index (χ3v) is 2.46. The molecule has 1 nitrogen and oxygen atoms in total. The van der Waals surface area contributed by atoms with Crippen LogP contribution in [-0.2, 0) is 0 Å². The molecule has 0 aromatic heterocycles. The van der Waals surface area contributed by atoms with Gasteiger partial charge in [-0.3, -0.25) is 0 Å². The lowest BCUT2D eigenvalue weighted by atomic mass is 9.87. The van der Waals surface area contributed by atoms with E-state index in [0.717, 1.165) is 19.3 Å². The molecule has 0 bridgehead atoms. The highest BCUT2D eigenvalue weighted by Crippen LogP contribution is 2.24. The summed E-state index contributed by atoms with van der Waals surface area (Å²) in [7, 11) is 0. The highest BCUT2D eigenvalue weighted by atomic mass is 16.3. The van der Waals surface area contributed by atoms with Crippen LogP contribution in [0.4, 0.5) is 0 Å². The average Bonchev–Trinajstić information content (AvgIpc) is 2.00. The maximum absolute atomic E-state index is 9.99. The molecule has 0 aromatic rings. The van der Waals surface area contributed by atoms with E-state index in [2.05, 4.69) is 20.4 Å². The van der Waals surface area contributed by atoms with Crippen LogP contribution in [-0.4, -0.2) is 10.7 Å². The normalized spacial score (nSPS) is 17.8. The Labute approximate surface area is 82.9 Å². The van der Waals surface area contributed by atoms with Gasteiger partial charge in [0.2, 0.25) is 0 Å². The Bertz CT molecular complexity index is 138. The van der Waals surface area contributed by atoms with E-state index in [4.69, 9.17) is 0 Å². The van der Waals surface area contributed by atoms with Gasteiger partial charge in [-0.25, -0.2) is 0 Å². The van der Waals surface area contributed by atoms with Crippen LogP contribution < -0.4 is 0 Å². The Morgan fingerprint density at radius 3 is 2.62 bits per heavy atom. The smallest absolute Gasteiger partial charge is 0.0625 e. The number of hydrogen-bond acceptors (Lipinski definition) is 1. The Morgan fingerprint density at radius 1 is 1.54 bits per heavy atom. The van der Waals surface area contributed by atoms with Gasteiger partial charge in [0, 0.05) is 0 Å². The molecule has 1 N–H and O–H groups in total. The number of hydrogen-bond donors (Lipinski definition) is 1. The lowest BCUT2D eigenvalue weighted by molar-refractivity contribution is 0.0274. The molecule has 0 aliphatic rings. The van der Waals surface area contributed by atoms with Crippen LogP contribution in [0.3, 0.4) is 0 Å². The van der Waals surface area contributed by atoms with Crippen LogP contribution in [0.25, 0.3) is 0 Å².